The maximum Gasteiger partial charge on any atom is 0.269 e. The van der Waals surface area contributed by atoms with E-state index in [4.69, 9.17) is 0 Å². The first-order chi connectivity index (χ1) is 9.19. The van der Waals surface area contributed by atoms with Gasteiger partial charge < -0.3 is 10.6 Å². The minimum absolute atomic E-state index is 0.189. The maximum atomic E-state index is 11.5. The van der Waals surface area contributed by atoms with Crippen molar-refractivity contribution in [2.75, 3.05) is 12.4 Å². The number of aromatic nitrogens is 1. The fraction of sp³-hybridized carbons (Fsp3) is 0.143. The molecule has 4 nitrogen and oxygen atoms in total. The van der Waals surface area contributed by atoms with Crippen LogP contribution >= 0.6 is 15.9 Å². The topological polar surface area (TPSA) is 54.0 Å². The number of amides is 1. The average molecular weight is 320 g/mol. The summed E-state index contributed by atoms with van der Waals surface area (Å²) in [6, 6.07) is 11.6. The third kappa shape index (κ3) is 3.79. The standard InChI is InChI=1S/C14H14BrN3O/c1-16-14(19)13-8-12(5-6-17-13)18-9-10-3-2-4-11(15)7-10/h2-8H,9H2,1H3,(H,16,19)(H,17,18). The summed E-state index contributed by atoms with van der Waals surface area (Å²) in [6.07, 6.45) is 1.62. The van der Waals surface area contributed by atoms with Gasteiger partial charge >= 0.3 is 0 Å². The lowest BCUT2D eigenvalue weighted by Crippen LogP contribution is -2.19. The molecular formula is C14H14BrN3O. The van der Waals surface area contributed by atoms with Crippen LogP contribution in [0.15, 0.2) is 47.1 Å². The molecule has 0 saturated heterocycles. The minimum Gasteiger partial charge on any atom is -0.381 e. The van der Waals surface area contributed by atoms with Gasteiger partial charge in [0.15, 0.2) is 0 Å². The Morgan fingerprint density at radius 1 is 1.32 bits per heavy atom. The first kappa shape index (κ1) is 13.5. The van der Waals surface area contributed by atoms with Crippen molar-refractivity contribution in [3.8, 4) is 0 Å². The quantitative estimate of drug-likeness (QED) is 0.911. The lowest BCUT2D eigenvalue weighted by molar-refractivity contribution is 0.0958. The number of hydrogen-bond donors (Lipinski definition) is 2. The SMILES string of the molecule is CNC(=O)c1cc(NCc2cccc(Br)c2)ccn1. The molecule has 0 bridgehead atoms. The largest absolute Gasteiger partial charge is 0.381 e. The molecule has 0 fully saturated rings. The molecular weight excluding hydrogens is 306 g/mol. The number of benzene rings is 1. The van der Waals surface area contributed by atoms with Crippen LogP contribution in [0.1, 0.15) is 16.1 Å². The van der Waals surface area contributed by atoms with Gasteiger partial charge in [0.05, 0.1) is 0 Å². The van der Waals surface area contributed by atoms with Gasteiger partial charge in [-0.3, -0.25) is 9.78 Å². The molecule has 1 heterocycles. The minimum atomic E-state index is -0.189. The molecule has 5 heteroatoms. The van der Waals surface area contributed by atoms with Crippen LogP contribution in [-0.2, 0) is 6.54 Å². The smallest absolute Gasteiger partial charge is 0.269 e. The Morgan fingerprint density at radius 3 is 2.89 bits per heavy atom. The highest BCUT2D eigenvalue weighted by molar-refractivity contribution is 9.10. The zero-order valence-electron chi connectivity index (χ0n) is 10.5. The molecule has 0 aliphatic rings. The van der Waals surface area contributed by atoms with Gasteiger partial charge in [-0.2, -0.15) is 0 Å². The number of carbonyl (C=O) groups is 1. The molecule has 0 radical (unpaired) electrons. The molecule has 0 unspecified atom stereocenters. The van der Waals surface area contributed by atoms with E-state index < -0.39 is 0 Å². The monoisotopic (exact) mass is 319 g/mol. The molecule has 1 amide bonds. The highest BCUT2D eigenvalue weighted by Gasteiger charge is 2.05. The van der Waals surface area contributed by atoms with E-state index >= 15 is 0 Å². The third-order valence-corrected chi connectivity index (χ3v) is 3.10. The molecule has 0 aliphatic heterocycles. The molecule has 2 aromatic rings. The van der Waals surface area contributed by atoms with Crippen LogP contribution in [0.3, 0.4) is 0 Å². The third-order valence-electron chi connectivity index (χ3n) is 2.61. The molecule has 0 atom stereocenters. The van der Waals surface area contributed by atoms with Crippen LogP contribution in [0.5, 0.6) is 0 Å². The Balaban J connectivity index is 2.05. The highest BCUT2D eigenvalue weighted by Crippen LogP contribution is 2.14. The summed E-state index contributed by atoms with van der Waals surface area (Å²) in [7, 11) is 1.59. The Bertz CT molecular complexity index is 586. The van der Waals surface area contributed by atoms with Gasteiger partial charge in [-0.15, -0.1) is 0 Å². The van der Waals surface area contributed by atoms with Crippen molar-refractivity contribution in [2.24, 2.45) is 0 Å². The van der Waals surface area contributed by atoms with Gasteiger partial charge in [-0.05, 0) is 29.8 Å². The van der Waals surface area contributed by atoms with Gasteiger partial charge in [-0.25, -0.2) is 0 Å². The van der Waals surface area contributed by atoms with E-state index in [-0.39, 0.29) is 5.91 Å². The van der Waals surface area contributed by atoms with Crippen molar-refractivity contribution in [1.29, 1.82) is 0 Å². The summed E-state index contributed by atoms with van der Waals surface area (Å²) >= 11 is 3.44. The maximum absolute atomic E-state index is 11.5. The number of anilines is 1. The number of pyridine rings is 1. The summed E-state index contributed by atoms with van der Waals surface area (Å²) in [4.78, 5) is 15.5. The molecule has 19 heavy (non-hydrogen) atoms. The van der Waals surface area contributed by atoms with Gasteiger partial charge in [0.2, 0.25) is 0 Å². The zero-order chi connectivity index (χ0) is 13.7. The molecule has 0 aliphatic carbocycles. The van der Waals surface area contributed by atoms with Gasteiger partial charge in [0.1, 0.15) is 5.69 Å². The second-order valence-electron chi connectivity index (χ2n) is 3.99. The fourth-order valence-corrected chi connectivity index (χ4v) is 2.09. The van der Waals surface area contributed by atoms with Crippen LogP contribution in [0.2, 0.25) is 0 Å². The molecule has 98 valence electrons. The Labute approximate surface area is 120 Å². The van der Waals surface area contributed by atoms with Crippen LogP contribution in [-0.4, -0.2) is 17.9 Å². The molecule has 2 N–H and O–H groups in total. The predicted molar refractivity (Wildman–Crippen MR) is 79.1 cm³/mol. The second-order valence-corrected chi connectivity index (χ2v) is 4.91. The first-order valence-corrected chi connectivity index (χ1v) is 6.65. The molecule has 0 spiro atoms. The van der Waals surface area contributed by atoms with Crippen molar-refractivity contribution < 1.29 is 4.79 Å². The summed E-state index contributed by atoms with van der Waals surface area (Å²) in [5, 5.41) is 5.82. The molecule has 0 saturated carbocycles. The van der Waals surface area contributed by atoms with E-state index in [9.17, 15) is 4.79 Å². The Kier molecular flexibility index (Phi) is 4.52. The number of hydrogen-bond acceptors (Lipinski definition) is 3. The molecule has 2 rings (SSSR count). The summed E-state index contributed by atoms with van der Waals surface area (Å²) in [5.41, 5.74) is 2.43. The van der Waals surface area contributed by atoms with E-state index in [0.717, 1.165) is 15.7 Å². The zero-order valence-corrected chi connectivity index (χ0v) is 12.1. The van der Waals surface area contributed by atoms with Crippen molar-refractivity contribution in [3.05, 3.63) is 58.3 Å². The number of carbonyl (C=O) groups excluding carboxylic acids is 1. The normalized spacial score (nSPS) is 10.0. The average Bonchev–Trinajstić information content (AvgIpc) is 2.45. The molecule has 1 aromatic carbocycles. The van der Waals surface area contributed by atoms with Crippen molar-refractivity contribution in [3.63, 3.8) is 0 Å². The van der Waals surface area contributed by atoms with Crippen LogP contribution in [0.4, 0.5) is 5.69 Å². The summed E-state index contributed by atoms with van der Waals surface area (Å²) in [6.45, 7) is 0.691. The first-order valence-electron chi connectivity index (χ1n) is 5.85. The van der Waals surface area contributed by atoms with E-state index in [2.05, 4.69) is 31.5 Å². The molecule has 1 aromatic heterocycles. The van der Waals surface area contributed by atoms with Gasteiger partial charge in [0.25, 0.3) is 5.91 Å². The summed E-state index contributed by atoms with van der Waals surface area (Å²) in [5.74, 6) is -0.189. The van der Waals surface area contributed by atoms with E-state index in [1.165, 1.54) is 0 Å². The fourth-order valence-electron chi connectivity index (χ4n) is 1.64. The number of halogens is 1. The van der Waals surface area contributed by atoms with E-state index in [1.54, 1.807) is 19.3 Å². The highest BCUT2D eigenvalue weighted by atomic mass is 79.9. The number of nitrogens with one attached hydrogen (secondary N) is 2. The van der Waals surface area contributed by atoms with Crippen LogP contribution < -0.4 is 10.6 Å². The van der Waals surface area contributed by atoms with Crippen LogP contribution in [0, 0.1) is 0 Å². The lowest BCUT2D eigenvalue weighted by Gasteiger charge is -2.08. The summed E-state index contributed by atoms with van der Waals surface area (Å²) < 4.78 is 1.05. The van der Waals surface area contributed by atoms with Gasteiger partial charge in [-0.1, -0.05) is 28.1 Å². The predicted octanol–water partition coefficient (Wildman–Crippen LogP) is 2.82. The van der Waals surface area contributed by atoms with Crippen molar-refractivity contribution in [2.45, 2.75) is 6.54 Å². The van der Waals surface area contributed by atoms with Crippen molar-refractivity contribution in [1.82, 2.24) is 10.3 Å². The number of rotatable bonds is 4. The van der Waals surface area contributed by atoms with Crippen molar-refractivity contribution >= 4 is 27.5 Å². The van der Waals surface area contributed by atoms with E-state index in [0.29, 0.717) is 12.2 Å². The van der Waals surface area contributed by atoms with E-state index in [1.807, 2.05) is 30.3 Å². The Morgan fingerprint density at radius 2 is 2.16 bits per heavy atom. The van der Waals surface area contributed by atoms with Gasteiger partial charge in [0, 0.05) is 29.9 Å². The van der Waals surface area contributed by atoms with Crippen LogP contribution in [0.25, 0.3) is 0 Å². The number of nitrogens with zero attached hydrogens (tertiary/aromatic N) is 1. The second kappa shape index (κ2) is 6.33. The lowest BCUT2D eigenvalue weighted by atomic mass is 10.2. The Hall–Kier alpha value is -1.88.